The van der Waals surface area contributed by atoms with Gasteiger partial charge in [0.1, 0.15) is 0 Å². The Kier molecular flexibility index (Phi) is 4.90. The molecule has 7 heavy (non-hydrogen) atoms. The third kappa shape index (κ3) is 6.45. The Balaban J connectivity index is 3.13. The van der Waals surface area contributed by atoms with Gasteiger partial charge in [-0.15, -0.1) is 0 Å². The summed E-state index contributed by atoms with van der Waals surface area (Å²) in [7, 11) is 0.749. The van der Waals surface area contributed by atoms with Gasteiger partial charge in [-0.2, -0.15) is 0 Å². The van der Waals surface area contributed by atoms with Crippen molar-refractivity contribution in [3.63, 3.8) is 0 Å². The molecule has 3 heteroatoms. The summed E-state index contributed by atoms with van der Waals surface area (Å²) >= 11 is 4.58. The molecule has 0 radical (unpaired) electrons. The van der Waals surface area contributed by atoms with E-state index < -0.39 is 0 Å². The molecule has 0 unspecified atom stereocenters. The van der Waals surface area contributed by atoms with Crippen LogP contribution in [0.1, 0.15) is 13.8 Å². The standard InChI is InChI=1S/C4H9NPS/c1-4(2)3-5-6-7/h4H,3H2,1-2H3/q+1. The van der Waals surface area contributed by atoms with Gasteiger partial charge in [0.2, 0.25) is 0 Å². The molecule has 0 heterocycles. The zero-order valence-electron chi connectivity index (χ0n) is 4.59. The van der Waals surface area contributed by atoms with E-state index in [9.17, 15) is 0 Å². The van der Waals surface area contributed by atoms with Crippen molar-refractivity contribution in [3.8, 4) is 0 Å². The average molecular weight is 134 g/mol. The summed E-state index contributed by atoms with van der Waals surface area (Å²) < 4.78 is 3.96. The molecular formula is C4H9NPS+. The number of nitrogens with zero attached hydrogens (tertiary/aromatic N) is 1. The van der Waals surface area contributed by atoms with Gasteiger partial charge in [-0.3, -0.25) is 0 Å². The van der Waals surface area contributed by atoms with Crippen LogP contribution in [0.15, 0.2) is 4.74 Å². The van der Waals surface area contributed by atoms with E-state index in [4.69, 9.17) is 0 Å². The van der Waals surface area contributed by atoms with Gasteiger partial charge in [-0.1, -0.05) is 0 Å². The first-order valence-electron chi connectivity index (χ1n) is 2.26. The summed E-state index contributed by atoms with van der Waals surface area (Å²) in [5.74, 6) is 0.662. The van der Waals surface area contributed by atoms with Crippen molar-refractivity contribution >= 4 is 19.0 Å². The summed E-state index contributed by atoms with van der Waals surface area (Å²) in [5.41, 5.74) is 0. The van der Waals surface area contributed by atoms with E-state index in [1.54, 1.807) is 0 Å². The Morgan fingerprint density at radius 2 is 2.29 bits per heavy atom. The third-order valence-corrected chi connectivity index (χ3v) is 1.13. The van der Waals surface area contributed by atoms with E-state index >= 15 is 0 Å². The van der Waals surface area contributed by atoms with E-state index in [1.807, 2.05) is 0 Å². The first-order chi connectivity index (χ1) is 3.27. The molecule has 0 aliphatic rings. The van der Waals surface area contributed by atoms with Crippen LogP contribution in [0.25, 0.3) is 0 Å². The van der Waals surface area contributed by atoms with E-state index in [2.05, 4.69) is 30.4 Å². The molecule has 0 bridgehead atoms. The summed E-state index contributed by atoms with van der Waals surface area (Å²) in [5, 5.41) is 0. The fourth-order valence-corrected chi connectivity index (χ4v) is 0.790. The van der Waals surface area contributed by atoms with Crippen LogP contribution < -0.4 is 0 Å². The maximum atomic E-state index is 4.58. The van der Waals surface area contributed by atoms with Gasteiger partial charge in [0.05, 0.1) is 0 Å². The van der Waals surface area contributed by atoms with Gasteiger partial charge in [-0.05, 0) is 0 Å². The predicted octanol–water partition coefficient (Wildman–Crippen LogP) is 2.23. The number of rotatable bonds is 2. The van der Waals surface area contributed by atoms with Crippen molar-refractivity contribution < 1.29 is 0 Å². The molecule has 0 amide bonds. The topological polar surface area (TPSA) is 12.4 Å². The SMILES string of the molecule is CC(C)CN=[P+]=S. The minimum atomic E-state index is 0.662. The van der Waals surface area contributed by atoms with Crippen LogP contribution in [-0.4, -0.2) is 6.54 Å². The maximum absolute atomic E-state index is 4.58. The van der Waals surface area contributed by atoms with Gasteiger partial charge < -0.3 is 0 Å². The summed E-state index contributed by atoms with van der Waals surface area (Å²) in [6.45, 7) is 5.17. The number of hydrogen-bond acceptors (Lipinski definition) is 2. The van der Waals surface area contributed by atoms with Gasteiger partial charge in [0, 0.05) is 0 Å². The molecule has 40 valence electrons. The van der Waals surface area contributed by atoms with E-state index in [0.29, 0.717) is 5.92 Å². The van der Waals surface area contributed by atoms with E-state index in [1.165, 1.54) is 0 Å². The monoisotopic (exact) mass is 134 g/mol. The van der Waals surface area contributed by atoms with Crippen LogP contribution in [0.3, 0.4) is 0 Å². The van der Waals surface area contributed by atoms with Crippen LogP contribution >= 0.6 is 7.15 Å². The summed E-state index contributed by atoms with van der Waals surface area (Å²) in [6.07, 6.45) is 0. The van der Waals surface area contributed by atoms with Crippen molar-refractivity contribution in [1.29, 1.82) is 0 Å². The Labute approximate surface area is 50.7 Å². The number of hydrogen-bond donors (Lipinski definition) is 0. The molecular weight excluding hydrogens is 125 g/mol. The normalized spacial score (nSPS) is 9.00. The second kappa shape index (κ2) is 4.61. The quantitative estimate of drug-likeness (QED) is 0.527. The Hall–Kier alpha value is 0.450. The molecule has 0 N–H and O–H groups in total. The Morgan fingerprint density at radius 3 is 2.43 bits per heavy atom. The second-order valence-electron chi connectivity index (χ2n) is 1.80. The molecule has 0 aromatic rings. The summed E-state index contributed by atoms with van der Waals surface area (Å²) in [6, 6.07) is 0. The van der Waals surface area contributed by atoms with Crippen LogP contribution in [0.4, 0.5) is 0 Å². The van der Waals surface area contributed by atoms with Crippen LogP contribution in [0, 0.1) is 5.92 Å². The Morgan fingerprint density at radius 1 is 1.71 bits per heavy atom. The van der Waals surface area contributed by atoms with Crippen LogP contribution in [0.2, 0.25) is 0 Å². The van der Waals surface area contributed by atoms with Gasteiger partial charge in [0.15, 0.2) is 0 Å². The first kappa shape index (κ1) is 7.45. The molecule has 1 nitrogen and oxygen atoms in total. The Bertz CT molecular complexity index is 85.7. The van der Waals surface area contributed by atoms with Gasteiger partial charge in [-0.25, -0.2) is 0 Å². The van der Waals surface area contributed by atoms with Crippen molar-refractivity contribution in [2.24, 2.45) is 10.7 Å². The van der Waals surface area contributed by atoms with Crippen molar-refractivity contribution in [2.75, 3.05) is 6.54 Å². The molecule has 0 saturated heterocycles. The van der Waals surface area contributed by atoms with Crippen LogP contribution in [0.5, 0.6) is 0 Å². The van der Waals surface area contributed by atoms with Crippen LogP contribution in [-0.2, 0) is 11.8 Å². The molecule has 0 aliphatic carbocycles. The molecule has 0 fully saturated rings. The molecule has 0 rings (SSSR count). The van der Waals surface area contributed by atoms with Crippen molar-refractivity contribution in [2.45, 2.75) is 13.8 Å². The first-order valence-corrected chi connectivity index (χ1v) is 4.12. The fourth-order valence-electron chi connectivity index (χ4n) is 0.197. The third-order valence-electron chi connectivity index (χ3n) is 0.505. The molecule has 0 aromatic heterocycles. The minimum absolute atomic E-state index is 0.662. The molecule has 0 atom stereocenters. The zero-order valence-corrected chi connectivity index (χ0v) is 6.30. The average Bonchev–Trinajstić information content (AvgIpc) is 1.61. The van der Waals surface area contributed by atoms with Gasteiger partial charge >= 0.3 is 50.0 Å². The van der Waals surface area contributed by atoms with Gasteiger partial charge in [0.25, 0.3) is 0 Å². The van der Waals surface area contributed by atoms with E-state index in [0.717, 1.165) is 13.7 Å². The second-order valence-corrected chi connectivity index (χ2v) is 2.74. The van der Waals surface area contributed by atoms with Crippen molar-refractivity contribution in [1.82, 2.24) is 0 Å². The summed E-state index contributed by atoms with van der Waals surface area (Å²) in [4.78, 5) is 0. The molecule has 0 aromatic carbocycles. The molecule has 0 saturated carbocycles. The molecule has 0 aliphatic heterocycles. The zero-order chi connectivity index (χ0) is 5.70. The van der Waals surface area contributed by atoms with E-state index in [-0.39, 0.29) is 0 Å². The molecule has 0 spiro atoms. The predicted molar refractivity (Wildman–Crippen MR) is 36.4 cm³/mol. The fraction of sp³-hybridized carbons (Fsp3) is 1.00. The van der Waals surface area contributed by atoms with Crippen molar-refractivity contribution in [3.05, 3.63) is 0 Å².